The van der Waals surface area contributed by atoms with E-state index in [4.69, 9.17) is 4.74 Å². The van der Waals surface area contributed by atoms with E-state index in [1.807, 2.05) is 13.0 Å². The molecule has 1 saturated heterocycles. The summed E-state index contributed by atoms with van der Waals surface area (Å²) in [5, 5.41) is 10.1. The molecule has 0 unspecified atom stereocenters. The van der Waals surface area contributed by atoms with E-state index < -0.39 is 0 Å². The smallest absolute Gasteiger partial charge is 0.256 e. The van der Waals surface area contributed by atoms with Gasteiger partial charge in [0.05, 0.1) is 18.9 Å². The molecule has 0 radical (unpaired) electrons. The van der Waals surface area contributed by atoms with Crippen LogP contribution in [0.4, 0.5) is 21.7 Å². The normalized spacial score (nSPS) is 13.7. The molecule has 0 atom stereocenters. The number of piperazine rings is 1. The molecule has 10 nitrogen and oxygen atoms in total. The van der Waals surface area contributed by atoms with Crippen molar-refractivity contribution in [2.75, 3.05) is 51.0 Å². The van der Waals surface area contributed by atoms with Crippen LogP contribution in [0.5, 0.6) is 5.88 Å². The number of aromatic nitrogens is 4. The van der Waals surface area contributed by atoms with Gasteiger partial charge in [0.1, 0.15) is 11.5 Å². The third-order valence-electron chi connectivity index (χ3n) is 7.03. The molecule has 1 aliphatic heterocycles. The molecular weight excluding hydrogens is 535 g/mol. The van der Waals surface area contributed by atoms with Gasteiger partial charge in [-0.05, 0) is 43.8 Å². The van der Waals surface area contributed by atoms with Crippen LogP contribution in [-0.4, -0.2) is 75.8 Å². The zero-order valence-electron chi connectivity index (χ0n) is 24.1. The van der Waals surface area contributed by atoms with Crippen LogP contribution < -0.4 is 15.4 Å². The number of nitrogens with zero attached hydrogens (tertiary/aromatic N) is 6. The zero-order valence-corrected chi connectivity index (χ0v) is 24.1. The van der Waals surface area contributed by atoms with Gasteiger partial charge in [-0.2, -0.15) is 0 Å². The van der Waals surface area contributed by atoms with Crippen LogP contribution in [0.1, 0.15) is 32.6 Å². The predicted molar refractivity (Wildman–Crippen MR) is 159 cm³/mol. The molecule has 5 rings (SSSR count). The van der Waals surface area contributed by atoms with Gasteiger partial charge in [0.25, 0.3) is 11.8 Å². The molecule has 216 valence electrons. The minimum Gasteiger partial charge on any atom is -0.478 e. The van der Waals surface area contributed by atoms with Gasteiger partial charge < -0.3 is 20.3 Å². The van der Waals surface area contributed by atoms with Crippen molar-refractivity contribution < 1.29 is 13.9 Å². The average Bonchev–Trinajstić information content (AvgIpc) is 3.34. The van der Waals surface area contributed by atoms with Gasteiger partial charge in [0.2, 0.25) is 5.95 Å². The Morgan fingerprint density at radius 1 is 1.05 bits per heavy atom. The van der Waals surface area contributed by atoms with E-state index in [0.29, 0.717) is 52.0 Å². The van der Waals surface area contributed by atoms with Crippen molar-refractivity contribution in [2.45, 2.75) is 13.5 Å². The minimum absolute atomic E-state index is 0.329. The Kier molecular flexibility index (Phi) is 8.76. The largest absolute Gasteiger partial charge is 0.478 e. The van der Waals surface area contributed by atoms with Crippen LogP contribution in [0.2, 0.25) is 0 Å². The number of anilines is 3. The number of halogens is 1. The first-order valence-corrected chi connectivity index (χ1v) is 13.6. The number of rotatable bonds is 7. The van der Waals surface area contributed by atoms with Crippen molar-refractivity contribution in [3.05, 3.63) is 88.6 Å². The molecule has 42 heavy (non-hydrogen) atoms. The summed E-state index contributed by atoms with van der Waals surface area (Å²) in [5.74, 6) is 6.31. The van der Waals surface area contributed by atoms with Crippen molar-refractivity contribution in [1.29, 1.82) is 0 Å². The molecule has 1 amide bonds. The third kappa shape index (κ3) is 7.09. The van der Waals surface area contributed by atoms with E-state index in [1.165, 1.54) is 6.07 Å². The molecule has 1 fully saturated rings. The summed E-state index contributed by atoms with van der Waals surface area (Å²) in [4.78, 5) is 26.1. The number of benzene rings is 2. The number of aryl methyl sites for hydroxylation is 2. The maximum atomic E-state index is 14.9. The van der Waals surface area contributed by atoms with Crippen molar-refractivity contribution in [3.8, 4) is 17.7 Å². The Morgan fingerprint density at radius 3 is 2.52 bits per heavy atom. The standard InChI is InChI=1S/C31H33FN8O2/c1-21-5-7-24(29(41)35-26-10-9-25(27(32)16-26)19-40-13-11-38(2)12-14-40)15-23(21)8-6-22-17-33-31(34-18-22)36-28-20-39(3)37-30(28)42-4/h5,7,9-10,15-18,20H,11-14,19H2,1-4H3,(H,35,41)(H,33,34,36). The summed E-state index contributed by atoms with van der Waals surface area (Å²) in [7, 11) is 5.43. The zero-order chi connectivity index (χ0) is 29.6. The van der Waals surface area contributed by atoms with E-state index in [1.54, 1.807) is 61.7 Å². The van der Waals surface area contributed by atoms with Crippen LogP contribution >= 0.6 is 0 Å². The second-order valence-corrected chi connectivity index (χ2v) is 10.3. The van der Waals surface area contributed by atoms with Gasteiger partial charge in [-0.25, -0.2) is 14.4 Å². The highest BCUT2D eigenvalue weighted by molar-refractivity contribution is 6.04. The van der Waals surface area contributed by atoms with E-state index in [0.717, 1.165) is 31.7 Å². The van der Waals surface area contributed by atoms with Crippen molar-refractivity contribution in [2.24, 2.45) is 7.05 Å². The molecule has 4 aromatic rings. The fourth-order valence-corrected chi connectivity index (χ4v) is 4.52. The Labute approximate surface area is 244 Å². The summed E-state index contributed by atoms with van der Waals surface area (Å²) in [6, 6.07) is 10.1. The molecule has 11 heteroatoms. The van der Waals surface area contributed by atoms with Crippen molar-refractivity contribution in [1.82, 2.24) is 29.5 Å². The van der Waals surface area contributed by atoms with Gasteiger partial charge in [-0.3, -0.25) is 14.4 Å². The number of nitrogens with one attached hydrogen (secondary N) is 2. The molecule has 0 bridgehead atoms. The van der Waals surface area contributed by atoms with Crippen LogP contribution in [0.25, 0.3) is 0 Å². The lowest BCUT2D eigenvalue weighted by Gasteiger charge is -2.32. The van der Waals surface area contributed by atoms with E-state index in [2.05, 4.69) is 54.4 Å². The summed E-state index contributed by atoms with van der Waals surface area (Å²) in [5.41, 5.74) is 4.32. The van der Waals surface area contributed by atoms with E-state index >= 15 is 0 Å². The molecule has 1 aliphatic rings. The highest BCUT2D eigenvalue weighted by Crippen LogP contribution is 2.24. The predicted octanol–water partition coefficient (Wildman–Crippen LogP) is 3.81. The minimum atomic E-state index is -0.339. The van der Waals surface area contributed by atoms with Crippen molar-refractivity contribution in [3.63, 3.8) is 0 Å². The number of hydrogen-bond donors (Lipinski definition) is 2. The first kappa shape index (κ1) is 28.7. The average molecular weight is 569 g/mol. The fourth-order valence-electron chi connectivity index (χ4n) is 4.52. The number of hydrogen-bond acceptors (Lipinski definition) is 8. The second-order valence-electron chi connectivity index (χ2n) is 10.3. The Bertz CT molecular complexity index is 1630. The Hall–Kier alpha value is -4.79. The van der Waals surface area contributed by atoms with E-state index in [-0.39, 0.29) is 11.7 Å². The molecule has 2 aromatic heterocycles. The fraction of sp³-hybridized carbons (Fsp3) is 0.290. The Morgan fingerprint density at radius 2 is 1.81 bits per heavy atom. The molecule has 2 aromatic carbocycles. The highest BCUT2D eigenvalue weighted by Gasteiger charge is 2.16. The first-order valence-electron chi connectivity index (χ1n) is 13.6. The van der Waals surface area contributed by atoms with Crippen LogP contribution in [0, 0.1) is 24.6 Å². The number of methoxy groups -OCH3 is 1. The quantitative estimate of drug-likeness (QED) is 0.325. The van der Waals surface area contributed by atoms with E-state index in [9.17, 15) is 9.18 Å². The summed E-state index contributed by atoms with van der Waals surface area (Å²) < 4.78 is 21.7. The highest BCUT2D eigenvalue weighted by atomic mass is 19.1. The monoisotopic (exact) mass is 568 g/mol. The molecule has 0 aliphatic carbocycles. The van der Waals surface area contributed by atoms with Crippen LogP contribution in [0.15, 0.2) is 55.0 Å². The van der Waals surface area contributed by atoms with Gasteiger partial charge in [-0.1, -0.05) is 24.0 Å². The number of amides is 1. The molecule has 0 spiro atoms. The van der Waals surface area contributed by atoms with Crippen LogP contribution in [0.3, 0.4) is 0 Å². The van der Waals surface area contributed by atoms with Crippen molar-refractivity contribution >= 4 is 23.2 Å². The summed E-state index contributed by atoms with van der Waals surface area (Å²) >= 11 is 0. The number of ether oxygens (including phenoxy) is 1. The third-order valence-corrected chi connectivity index (χ3v) is 7.03. The van der Waals surface area contributed by atoms with Crippen LogP contribution in [-0.2, 0) is 13.6 Å². The number of carbonyl (C=O) groups excluding carboxylic acids is 1. The number of likely N-dealkylation sites (N-methyl/N-ethyl adjacent to an activating group) is 1. The maximum Gasteiger partial charge on any atom is 0.256 e. The molecule has 0 saturated carbocycles. The lowest BCUT2D eigenvalue weighted by Crippen LogP contribution is -2.44. The number of carbonyl (C=O) groups is 1. The SMILES string of the molecule is COc1nn(C)cc1Nc1ncc(C#Cc2cc(C(=O)Nc3ccc(CN4CCN(C)CC4)c(F)c3)ccc2C)cn1. The first-order chi connectivity index (χ1) is 20.3. The lowest BCUT2D eigenvalue weighted by molar-refractivity contribution is 0.102. The van der Waals surface area contributed by atoms with Gasteiger partial charge >= 0.3 is 0 Å². The summed E-state index contributed by atoms with van der Waals surface area (Å²) in [6.07, 6.45) is 4.99. The molecule has 2 N–H and O–H groups in total. The maximum absolute atomic E-state index is 14.9. The summed E-state index contributed by atoms with van der Waals surface area (Å²) in [6.45, 7) is 6.23. The van der Waals surface area contributed by atoms with Gasteiger partial charge in [0.15, 0.2) is 0 Å². The second kappa shape index (κ2) is 12.8. The molecular formula is C31H33FN8O2. The topological polar surface area (TPSA) is 100 Å². The van der Waals surface area contributed by atoms with Gasteiger partial charge in [0, 0.05) is 74.5 Å². The Balaban J connectivity index is 1.23. The van der Waals surface area contributed by atoms with Gasteiger partial charge in [-0.15, -0.1) is 5.10 Å². The molecule has 3 heterocycles. The lowest BCUT2D eigenvalue weighted by atomic mass is 10.0.